The van der Waals surface area contributed by atoms with Crippen molar-refractivity contribution < 1.29 is 0 Å². The number of hydrogen-bond acceptors (Lipinski definition) is 1. The van der Waals surface area contributed by atoms with E-state index >= 15 is 0 Å². The number of hydrogen-bond donors (Lipinski definition) is 1. The topological polar surface area (TPSA) is 35.8 Å². The van der Waals surface area contributed by atoms with E-state index in [9.17, 15) is 0 Å². The fraction of sp³-hybridized carbons (Fsp3) is 0.600. The standard InChI is InChI=1S/C5H10ClN2/c1-8-3-2-5(7)4-6/h2-3,5,7-8H,4H2,1H3/q-1/b3-2-. The molecule has 0 aliphatic carbocycles. The number of rotatable bonds is 3. The summed E-state index contributed by atoms with van der Waals surface area (Å²) in [5, 5.41) is 2.77. The van der Waals surface area contributed by atoms with Gasteiger partial charge in [0.15, 0.2) is 0 Å². The Morgan fingerprint density at radius 3 is 2.88 bits per heavy atom. The summed E-state index contributed by atoms with van der Waals surface area (Å²) in [5.41, 5.74) is 7.07. The van der Waals surface area contributed by atoms with Crippen LogP contribution in [0.15, 0.2) is 12.3 Å². The zero-order chi connectivity index (χ0) is 6.41. The Morgan fingerprint density at radius 2 is 2.50 bits per heavy atom. The highest BCUT2D eigenvalue weighted by atomic mass is 35.5. The van der Waals surface area contributed by atoms with Crippen LogP contribution in [0, 0.1) is 0 Å². The van der Waals surface area contributed by atoms with E-state index in [1.807, 2.05) is 0 Å². The Hall–Kier alpha value is -0.210. The maximum Gasteiger partial charge on any atom is 0.00955 e. The fourth-order valence-electron chi connectivity index (χ4n) is 0.264. The summed E-state index contributed by atoms with van der Waals surface area (Å²) in [6.07, 6.45) is 3.41. The maximum atomic E-state index is 7.07. The van der Waals surface area contributed by atoms with Crippen LogP contribution in [0.1, 0.15) is 0 Å². The molecule has 0 saturated heterocycles. The van der Waals surface area contributed by atoms with Gasteiger partial charge in [0, 0.05) is 12.9 Å². The SMILES string of the molecule is CN/C=C\C([NH-])CCl. The molecule has 1 unspecified atom stereocenters. The molecular formula is C5H10ClN2-. The van der Waals surface area contributed by atoms with Crippen molar-refractivity contribution in [2.45, 2.75) is 6.04 Å². The number of halogens is 1. The van der Waals surface area contributed by atoms with E-state index in [2.05, 4.69) is 5.32 Å². The van der Waals surface area contributed by atoms with Crippen molar-refractivity contribution in [2.75, 3.05) is 12.9 Å². The highest BCUT2D eigenvalue weighted by Crippen LogP contribution is 1.92. The average molecular weight is 134 g/mol. The Kier molecular flexibility index (Phi) is 4.81. The minimum atomic E-state index is -0.274. The monoisotopic (exact) mass is 133 g/mol. The average Bonchev–Trinajstić information content (AvgIpc) is 1.83. The van der Waals surface area contributed by atoms with E-state index in [0.29, 0.717) is 5.88 Å². The normalized spacial score (nSPS) is 14.4. The first-order chi connectivity index (χ1) is 3.81. The molecule has 0 aromatic heterocycles. The van der Waals surface area contributed by atoms with Gasteiger partial charge < -0.3 is 11.1 Å². The van der Waals surface area contributed by atoms with E-state index < -0.39 is 0 Å². The van der Waals surface area contributed by atoms with E-state index in [-0.39, 0.29) is 6.04 Å². The van der Waals surface area contributed by atoms with Crippen molar-refractivity contribution in [2.24, 2.45) is 0 Å². The second-order valence-corrected chi connectivity index (χ2v) is 1.72. The van der Waals surface area contributed by atoms with Gasteiger partial charge in [-0.1, -0.05) is 6.08 Å². The lowest BCUT2D eigenvalue weighted by Crippen LogP contribution is -2.00. The molecule has 48 valence electrons. The molecule has 3 heteroatoms. The summed E-state index contributed by atoms with van der Waals surface area (Å²) in [5.74, 6) is 0.359. The van der Waals surface area contributed by atoms with Gasteiger partial charge >= 0.3 is 0 Å². The van der Waals surface area contributed by atoms with Crippen LogP contribution in [0.5, 0.6) is 0 Å². The van der Waals surface area contributed by atoms with Gasteiger partial charge in [0.2, 0.25) is 0 Å². The molecule has 1 atom stereocenters. The molecule has 8 heavy (non-hydrogen) atoms. The van der Waals surface area contributed by atoms with Gasteiger partial charge in [0.05, 0.1) is 0 Å². The van der Waals surface area contributed by atoms with E-state index in [4.69, 9.17) is 17.3 Å². The van der Waals surface area contributed by atoms with Crippen LogP contribution in [0.25, 0.3) is 5.73 Å². The predicted octanol–water partition coefficient (Wildman–Crippen LogP) is 1.38. The molecule has 0 aromatic carbocycles. The first kappa shape index (κ1) is 7.79. The second-order valence-electron chi connectivity index (χ2n) is 1.41. The second kappa shape index (κ2) is 4.94. The third-order valence-electron chi connectivity index (χ3n) is 0.661. The zero-order valence-corrected chi connectivity index (χ0v) is 5.57. The van der Waals surface area contributed by atoms with Crippen molar-refractivity contribution in [1.82, 2.24) is 5.32 Å². The highest BCUT2D eigenvalue weighted by molar-refractivity contribution is 6.18. The van der Waals surface area contributed by atoms with E-state index in [1.165, 1.54) is 0 Å². The molecule has 0 fully saturated rings. The van der Waals surface area contributed by atoms with Crippen LogP contribution in [0.4, 0.5) is 0 Å². The molecule has 0 aliphatic heterocycles. The molecule has 0 aromatic rings. The molecule has 0 spiro atoms. The van der Waals surface area contributed by atoms with Crippen molar-refractivity contribution in [1.29, 1.82) is 0 Å². The Balaban J connectivity index is 3.21. The zero-order valence-electron chi connectivity index (χ0n) is 4.82. The Bertz CT molecular complexity index is 72.8. The minimum Gasteiger partial charge on any atom is -0.670 e. The van der Waals surface area contributed by atoms with Crippen molar-refractivity contribution in [3.05, 3.63) is 18.0 Å². The van der Waals surface area contributed by atoms with Crippen LogP contribution >= 0.6 is 11.6 Å². The van der Waals surface area contributed by atoms with Crippen molar-refractivity contribution in [3.63, 3.8) is 0 Å². The van der Waals surface area contributed by atoms with Crippen LogP contribution in [0.3, 0.4) is 0 Å². The third kappa shape index (κ3) is 3.96. The Labute approximate surface area is 54.7 Å². The lowest BCUT2D eigenvalue weighted by molar-refractivity contribution is 1.04. The van der Waals surface area contributed by atoms with Crippen LogP contribution in [0.2, 0.25) is 0 Å². The quantitative estimate of drug-likeness (QED) is 0.580. The molecule has 0 aliphatic rings. The largest absolute Gasteiger partial charge is 0.670 e. The Morgan fingerprint density at radius 1 is 1.88 bits per heavy atom. The molecule has 0 heterocycles. The molecule has 0 bridgehead atoms. The van der Waals surface area contributed by atoms with Crippen LogP contribution < -0.4 is 5.32 Å². The molecule has 0 saturated carbocycles. The van der Waals surface area contributed by atoms with E-state index in [0.717, 1.165) is 0 Å². The lowest BCUT2D eigenvalue weighted by Gasteiger charge is -2.08. The van der Waals surface area contributed by atoms with Gasteiger partial charge in [-0.05, 0) is 6.20 Å². The van der Waals surface area contributed by atoms with Crippen LogP contribution in [-0.2, 0) is 0 Å². The molecule has 0 radical (unpaired) electrons. The fourth-order valence-corrected chi connectivity index (χ4v) is 0.367. The van der Waals surface area contributed by atoms with Gasteiger partial charge in [-0.25, -0.2) is 0 Å². The van der Waals surface area contributed by atoms with Gasteiger partial charge in [0.25, 0.3) is 0 Å². The van der Waals surface area contributed by atoms with Crippen molar-refractivity contribution >= 4 is 11.6 Å². The number of alkyl halides is 1. The third-order valence-corrected chi connectivity index (χ3v) is 0.994. The summed E-state index contributed by atoms with van der Waals surface area (Å²) in [6, 6.07) is -0.274. The molecular weight excluding hydrogens is 124 g/mol. The minimum absolute atomic E-state index is 0.274. The van der Waals surface area contributed by atoms with Gasteiger partial charge in [-0.15, -0.1) is 17.6 Å². The summed E-state index contributed by atoms with van der Waals surface area (Å²) >= 11 is 5.32. The smallest absolute Gasteiger partial charge is 0.00955 e. The molecule has 2 nitrogen and oxygen atoms in total. The van der Waals surface area contributed by atoms with E-state index in [1.54, 1.807) is 19.3 Å². The number of nitrogens with one attached hydrogen (secondary N) is 2. The summed E-state index contributed by atoms with van der Waals surface area (Å²) in [7, 11) is 1.79. The summed E-state index contributed by atoms with van der Waals surface area (Å²) < 4.78 is 0. The highest BCUT2D eigenvalue weighted by Gasteiger charge is 1.79. The van der Waals surface area contributed by atoms with Gasteiger partial charge in [-0.2, -0.15) is 0 Å². The molecule has 0 amide bonds. The first-order valence-corrected chi connectivity index (χ1v) is 2.95. The molecule has 2 N–H and O–H groups in total. The predicted molar refractivity (Wildman–Crippen MR) is 37.0 cm³/mol. The van der Waals surface area contributed by atoms with Crippen LogP contribution in [-0.4, -0.2) is 19.0 Å². The van der Waals surface area contributed by atoms with Gasteiger partial charge in [-0.3, -0.25) is 0 Å². The lowest BCUT2D eigenvalue weighted by atomic mass is 10.3. The first-order valence-electron chi connectivity index (χ1n) is 2.42. The summed E-state index contributed by atoms with van der Waals surface area (Å²) in [6.45, 7) is 0. The van der Waals surface area contributed by atoms with Gasteiger partial charge in [0.1, 0.15) is 0 Å². The maximum absolute atomic E-state index is 7.07. The molecule has 0 rings (SSSR count). The van der Waals surface area contributed by atoms with Crippen molar-refractivity contribution in [3.8, 4) is 0 Å². The summed E-state index contributed by atoms with van der Waals surface area (Å²) in [4.78, 5) is 0.